The fraction of sp³-hybridized carbons (Fsp3) is 0.105. The summed E-state index contributed by atoms with van der Waals surface area (Å²) in [6.45, 7) is 0.0769. The number of carbonyl (C=O) groups excluding carboxylic acids is 2. The molecule has 0 bridgehead atoms. The van der Waals surface area contributed by atoms with Crippen LogP contribution in [0.15, 0.2) is 59.6 Å². The van der Waals surface area contributed by atoms with E-state index in [9.17, 15) is 9.59 Å². The summed E-state index contributed by atoms with van der Waals surface area (Å²) in [5.74, 6) is -0.729. The Hall–Kier alpha value is -3.25. The SMILES string of the molecule is CN1C(=O)CN=C(c2ccccc2)c2ccc(/C=C/C(=O)NO)cc21. The van der Waals surface area contributed by atoms with Crippen molar-refractivity contribution in [3.05, 3.63) is 71.3 Å². The van der Waals surface area contributed by atoms with Crippen LogP contribution < -0.4 is 10.4 Å². The third-order valence-electron chi connectivity index (χ3n) is 3.97. The Kier molecular flexibility index (Phi) is 4.72. The molecular formula is C19H17N3O3. The van der Waals surface area contributed by atoms with Gasteiger partial charge in [0.2, 0.25) is 5.91 Å². The molecule has 3 rings (SSSR count). The molecule has 0 unspecified atom stereocenters. The van der Waals surface area contributed by atoms with E-state index in [2.05, 4.69) is 4.99 Å². The van der Waals surface area contributed by atoms with Gasteiger partial charge in [0.1, 0.15) is 6.54 Å². The summed E-state index contributed by atoms with van der Waals surface area (Å²) in [4.78, 5) is 29.5. The molecule has 2 aromatic rings. The quantitative estimate of drug-likeness (QED) is 0.511. The molecule has 25 heavy (non-hydrogen) atoms. The van der Waals surface area contributed by atoms with Gasteiger partial charge in [-0.25, -0.2) is 5.48 Å². The molecule has 2 aromatic carbocycles. The number of anilines is 1. The second kappa shape index (κ2) is 7.11. The molecule has 0 saturated heterocycles. The normalized spacial score (nSPS) is 14.1. The van der Waals surface area contributed by atoms with Crippen LogP contribution in [0.1, 0.15) is 16.7 Å². The van der Waals surface area contributed by atoms with E-state index in [1.165, 1.54) is 6.08 Å². The lowest BCUT2D eigenvalue weighted by Crippen LogP contribution is -2.27. The smallest absolute Gasteiger partial charge is 0.267 e. The van der Waals surface area contributed by atoms with E-state index in [-0.39, 0.29) is 12.5 Å². The standard InChI is InChI=1S/C19H17N3O3/c1-22-16-11-13(8-10-17(23)21-25)7-9-15(16)19(20-12-18(22)24)14-5-3-2-4-6-14/h2-11,25H,12H2,1H3,(H,21,23)/b10-8+. The van der Waals surface area contributed by atoms with Crippen LogP contribution in [0.2, 0.25) is 0 Å². The van der Waals surface area contributed by atoms with E-state index < -0.39 is 5.91 Å². The number of benzene rings is 2. The maximum atomic E-state index is 12.3. The number of rotatable bonds is 3. The molecule has 6 nitrogen and oxygen atoms in total. The van der Waals surface area contributed by atoms with E-state index in [1.54, 1.807) is 23.5 Å². The minimum absolute atomic E-state index is 0.0769. The summed E-state index contributed by atoms with van der Waals surface area (Å²) >= 11 is 0. The van der Waals surface area contributed by atoms with Crippen LogP contribution in [0.4, 0.5) is 5.69 Å². The molecule has 1 heterocycles. The largest absolute Gasteiger partial charge is 0.313 e. The molecule has 126 valence electrons. The lowest BCUT2D eigenvalue weighted by atomic mass is 9.98. The van der Waals surface area contributed by atoms with Gasteiger partial charge in [0.25, 0.3) is 5.91 Å². The van der Waals surface area contributed by atoms with Gasteiger partial charge in [-0.15, -0.1) is 0 Å². The van der Waals surface area contributed by atoms with Gasteiger partial charge in [-0.1, -0.05) is 42.5 Å². The predicted octanol–water partition coefficient (Wildman–Crippen LogP) is 2.02. The highest BCUT2D eigenvalue weighted by Gasteiger charge is 2.22. The number of benzodiazepines with no additional fused rings is 1. The summed E-state index contributed by atoms with van der Waals surface area (Å²) in [6, 6.07) is 15.2. The first-order valence-electron chi connectivity index (χ1n) is 7.73. The number of fused-ring (bicyclic) bond motifs is 1. The molecule has 0 fully saturated rings. The molecular weight excluding hydrogens is 318 g/mol. The molecule has 2 N–H and O–H groups in total. The van der Waals surface area contributed by atoms with Crippen LogP contribution in [-0.2, 0) is 9.59 Å². The van der Waals surface area contributed by atoms with Gasteiger partial charge in [-0.05, 0) is 17.7 Å². The zero-order chi connectivity index (χ0) is 17.8. The van der Waals surface area contributed by atoms with Gasteiger partial charge in [0.05, 0.1) is 11.4 Å². The number of hydrogen-bond donors (Lipinski definition) is 2. The lowest BCUT2D eigenvalue weighted by molar-refractivity contribution is -0.124. The van der Waals surface area contributed by atoms with Gasteiger partial charge in [0.15, 0.2) is 0 Å². The van der Waals surface area contributed by atoms with Gasteiger partial charge in [-0.3, -0.25) is 19.8 Å². The molecule has 0 spiro atoms. The molecule has 2 amide bonds. The second-order valence-corrected chi connectivity index (χ2v) is 5.57. The highest BCUT2D eigenvalue weighted by atomic mass is 16.5. The molecule has 0 atom stereocenters. The number of amides is 2. The summed E-state index contributed by atoms with van der Waals surface area (Å²) in [7, 11) is 1.71. The van der Waals surface area contributed by atoms with Crippen molar-refractivity contribution in [1.29, 1.82) is 0 Å². The highest BCUT2D eigenvalue weighted by Crippen LogP contribution is 2.27. The Morgan fingerprint density at radius 3 is 2.72 bits per heavy atom. The van der Waals surface area contributed by atoms with Gasteiger partial charge >= 0.3 is 0 Å². The van der Waals surface area contributed by atoms with Crippen molar-refractivity contribution < 1.29 is 14.8 Å². The van der Waals surface area contributed by atoms with Gasteiger partial charge in [-0.2, -0.15) is 0 Å². The average molecular weight is 335 g/mol. The maximum Gasteiger partial charge on any atom is 0.267 e. The van der Waals surface area contributed by atoms with Crippen molar-refractivity contribution in [1.82, 2.24) is 5.48 Å². The molecule has 0 aliphatic carbocycles. The van der Waals surface area contributed by atoms with Crippen molar-refractivity contribution in [2.45, 2.75) is 0 Å². The van der Waals surface area contributed by atoms with E-state index in [1.807, 2.05) is 48.5 Å². The minimum Gasteiger partial charge on any atom is -0.313 e. The molecule has 0 aromatic heterocycles. The van der Waals surface area contributed by atoms with Crippen molar-refractivity contribution in [2.24, 2.45) is 4.99 Å². The van der Waals surface area contributed by atoms with Crippen LogP contribution >= 0.6 is 0 Å². The Morgan fingerprint density at radius 1 is 1.24 bits per heavy atom. The molecule has 1 aliphatic heterocycles. The summed E-state index contributed by atoms with van der Waals surface area (Å²) < 4.78 is 0. The fourth-order valence-corrected chi connectivity index (χ4v) is 2.65. The van der Waals surface area contributed by atoms with Crippen LogP contribution in [0.25, 0.3) is 6.08 Å². The molecule has 0 radical (unpaired) electrons. The second-order valence-electron chi connectivity index (χ2n) is 5.57. The highest BCUT2D eigenvalue weighted by molar-refractivity contribution is 6.19. The molecule has 0 saturated carbocycles. The van der Waals surface area contributed by atoms with E-state index in [0.29, 0.717) is 0 Å². The van der Waals surface area contributed by atoms with Crippen LogP contribution in [-0.4, -0.2) is 36.3 Å². The first kappa shape index (κ1) is 16.6. The summed E-state index contributed by atoms with van der Waals surface area (Å²) in [6.07, 6.45) is 2.78. The van der Waals surface area contributed by atoms with Crippen LogP contribution in [0.3, 0.4) is 0 Å². The number of nitrogens with zero attached hydrogens (tertiary/aromatic N) is 2. The topological polar surface area (TPSA) is 82.0 Å². The number of nitrogens with one attached hydrogen (secondary N) is 1. The van der Waals surface area contributed by atoms with Crippen LogP contribution in [0.5, 0.6) is 0 Å². The van der Waals surface area contributed by atoms with Crippen LogP contribution in [0, 0.1) is 0 Å². The Balaban J connectivity index is 2.08. The average Bonchev–Trinajstić information content (AvgIpc) is 2.78. The fourth-order valence-electron chi connectivity index (χ4n) is 2.65. The van der Waals surface area contributed by atoms with Crippen molar-refractivity contribution in [3.8, 4) is 0 Å². The summed E-state index contributed by atoms with van der Waals surface area (Å²) in [5.41, 5.74) is 5.55. The Bertz CT molecular complexity index is 873. The lowest BCUT2D eigenvalue weighted by Gasteiger charge is -2.18. The number of hydrogen-bond acceptors (Lipinski definition) is 4. The van der Waals surface area contributed by atoms with Gasteiger partial charge < -0.3 is 4.90 Å². The minimum atomic E-state index is -0.620. The van der Waals surface area contributed by atoms with Crippen molar-refractivity contribution in [3.63, 3.8) is 0 Å². The van der Waals surface area contributed by atoms with E-state index in [0.717, 1.165) is 28.1 Å². The molecule has 1 aliphatic rings. The zero-order valence-corrected chi connectivity index (χ0v) is 13.6. The monoisotopic (exact) mass is 335 g/mol. The summed E-state index contributed by atoms with van der Waals surface area (Å²) in [5, 5.41) is 8.56. The third kappa shape index (κ3) is 3.49. The van der Waals surface area contributed by atoms with Crippen molar-refractivity contribution in [2.75, 3.05) is 18.5 Å². The Morgan fingerprint density at radius 2 is 2.00 bits per heavy atom. The van der Waals surface area contributed by atoms with Crippen molar-refractivity contribution >= 4 is 29.3 Å². The first-order valence-corrected chi connectivity index (χ1v) is 7.73. The number of likely N-dealkylation sites (N-methyl/N-ethyl adjacent to an activating group) is 1. The Labute approximate surface area is 145 Å². The zero-order valence-electron chi connectivity index (χ0n) is 13.6. The number of carbonyl (C=O) groups is 2. The maximum absolute atomic E-state index is 12.3. The van der Waals surface area contributed by atoms with E-state index >= 15 is 0 Å². The first-order chi connectivity index (χ1) is 12.1. The number of hydroxylamine groups is 1. The predicted molar refractivity (Wildman–Crippen MR) is 95.8 cm³/mol. The molecule has 6 heteroatoms. The van der Waals surface area contributed by atoms with E-state index in [4.69, 9.17) is 5.21 Å². The number of aliphatic imine (C=N–C) groups is 1. The third-order valence-corrected chi connectivity index (χ3v) is 3.97. The van der Waals surface area contributed by atoms with Gasteiger partial charge in [0, 0.05) is 24.3 Å².